The van der Waals surface area contributed by atoms with Gasteiger partial charge in [0.1, 0.15) is 11.3 Å². The van der Waals surface area contributed by atoms with Gasteiger partial charge < -0.3 is 14.1 Å². The van der Waals surface area contributed by atoms with E-state index < -0.39 is 0 Å². The molecule has 6 heteroatoms. The van der Waals surface area contributed by atoms with Crippen LogP contribution in [0.4, 0.5) is 5.69 Å². The predicted molar refractivity (Wildman–Crippen MR) is 150 cm³/mol. The smallest absolute Gasteiger partial charge is 0.336 e. The minimum atomic E-state index is -0.311. The minimum Gasteiger partial charge on any atom is -0.495 e. The van der Waals surface area contributed by atoms with E-state index in [-0.39, 0.29) is 5.63 Å². The third-order valence-corrected chi connectivity index (χ3v) is 7.82. The number of nitrogens with zero attached hydrogens (tertiary/aromatic N) is 2. The lowest BCUT2D eigenvalue weighted by Crippen LogP contribution is -2.46. The van der Waals surface area contributed by atoms with Crippen molar-refractivity contribution in [3.63, 3.8) is 0 Å². The molecular formula is C30H32N2O3S. The van der Waals surface area contributed by atoms with E-state index in [9.17, 15) is 4.79 Å². The Morgan fingerprint density at radius 2 is 1.67 bits per heavy atom. The van der Waals surface area contributed by atoms with E-state index in [1.54, 1.807) is 13.2 Å². The summed E-state index contributed by atoms with van der Waals surface area (Å²) in [6.45, 7) is 5.36. The van der Waals surface area contributed by atoms with E-state index in [1.807, 2.05) is 60.3 Å². The van der Waals surface area contributed by atoms with Gasteiger partial charge in [0.2, 0.25) is 0 Å². The van der Waals surface area contributed by atoms with E-state index in [1.165, 1.54) is 12.1 Å². The largest absolute Gasteiger partial charge is 0.495 e. The average molecular weight is 501 g/mol. The lowest BCUT2D eigenvalue weighted by molar-refractivity contribution is 0.253. The number of unbranched alkanes of at least 4 members (excludes halogenated alkanes) is 1. The molecule has 1 saturated heterocycles. The summed E-state index contributed by atoms with van der Waals surface area (Å²) in [5, 5.41) is 0.970. The van der Waals surface area contributed by atoms with Crippen LogP contribution in [0.3, 0.4) is 0 Å². The standard InChI is InChI=1S/C30H32N2O3S/c1-34-28-12-6-5-11-27(28)32-18-16-31(17-19-32)15-7-8-20-36-24-13-14-25-26(23-9-3-2-4-10-23)22-30(33)35-29(25)21-24/h2-6,9-14,21-22H,7-8,15-20H2,1H3. The normalized spacial score (nSPS) is 14.3. The highest BCUT2D eigenvalue weighted by Crippen LogP contribution is 2.31. The van der Waals surface area contributed by atoms with Crippen molar-refractivity contribution in [1.82, 2.24) is 4.90 Å². The van der Waals surface area contributed by atoms with Crippen molar-refractivity contribution in [2.24, 2.45) is 0 Å². The lowest BCUT2D eigenvalue weighted by atomic mass is 10.0. The first-order valence-corrected chi connectivity index (χ1v) is 13.6. The molecule has 1 aliphatic rings. The monoisotopic (exact) mass is 500 g/mol. The molecule has 5 nitrogen and oxygen atoms in total. The fraction of sp³-hybridized carbons (Fsp3) is 0.300. The Morgan fingerprint density at radius 3 is 2.47 bits per heavy atom. The van der Waals surface area contributed by atoms with Crippen molar-refractivity contribution in [2.45, 2.75) is 17.7 Å². The molecule has 0 unspecified atom stereocenters. The Balaban J connectivity index is 1.10. The first kappa shape index (κ1) is 24.5. The van der Waals surface area contributed by atoms with Crippen LogP contribution in [0.1, 0.15) is 12.8 Å². The zero-order valence-corrected chi connectivity index (χ0v) is 21.5. The summed E-state index contributed by atoms with van der Waals surface area (Å²) < 4.78 is 11.1. The van der Waals surface area contributed by atoms with Crippen molar-refractivity contribution in [3.05, 3.63) is 89.3 Å². The topological polar surface area (TPSA) is 45.9 Å². The molecule has 0 aliphatic carbocycles. The molecule has 36 heavy (non-hydrogen) atoms. The molecule has 0 bridgehead atoms. The third-order valence-electron chi connectivity index (χ3n) is 6.74. The SMILES string of the molecule is COc1ccccc1N1CCN(CCCCSc2ccc3c(-c4ccccc4)cc(=O)oc3c2)CC1. The van der Waals surface area contributed by atoms with Gasteiger partial charge in [-0.2, -0.15) is 0 Å². The fourth-order valence-corrected chi connectivity index (χ4v) is 5.76. The van der Waals surface area contributed by atoms with Gasteiger partial charge in [0, 0.05) is 42.5 Å². The number of hydrogen-bond acceptors (Lipinski definition) is 6. The summed E-state index contributed by atoms with van der Waals surface area (Å²) in [4.78, 5) is 18.3. The number of anilines is 1. The summed E-state index contributed by atoms with van der Waals surface area (Å²) in [5.41, 5.74) is 3.48. The summed E-state index contributed by atoms with van der Waals surface area (Å²) in [6.07, 6.45) is 2.34. The van der Waals surface area contributed by atoms with Crippen LogP contribution in [-0.2, 0) is 0 Å². The molecule has 0 amide bonds. The summed E-state index contributed by atoms with van der Waals surface area (Å²) in [6, 6.07) is 26.1. The Bertz CT molecular complexity index is 1350. The first-order chi connectivity index (χ1) is 17.7. The highest BCUT2D eigenvalue weighted by atomic mass is 32.2. The molecule has 2 heterocycles. The van der Waals surface area contributed by atoms with Gasteiger partial charge in [-0.05, 0) is 66.6 Å². The Labute approximate surface area is 216 Å². The summed E-state index contributed by atoms with van der Waals surface area (Å²) >= 11 is 1.83. The Morgan fingerprint density at radius 1 is 0.889 bits per heavy atom. The molecule has 3 aromatic carbocycles. The van der Waals surface area contributed by atoms with E-state index in [4.69, 9.17) is 9.15 Å². The van der Waals surface area contributed by atoms with E-state index in [0.717, 1.165) is 72.1 Å². The molecule has 1 aromatic heterocycles. The van der Waals surface area contributed by atoms with Gasteiger partial charge in [-0.3, -0.25) is 4.90 Å². The fourth-order valence-electron chi connectivity index (χ4n) is 4.82. The Hall–Kier alpha value is -3.22. The number of ether oxygens (including phenoxy) is 1. The first-order valence-electron chi connectivity index (χ1n) is 12.6. The molecule has 0 N–H and O–H groups in total. The second-order valence-electron chi connectivity index (χ2n) is 9.06. The van der Waals surface area contributed by atoms with Crippen molar-refractivity contribution in [3.8, 4) is 16.9 Å². The molecule has 0 radical (unpaired) electrons. The molecule has 5 rings (SSSR count). The quantitative estimate of drug-likeness (QED) is 0.156. The maximum atomic E-state index is 12.2. The number of hydrogen-bond donors (Lipinski definition) is 0. The van der Waals surface area contributed by atoms with Gasteiger partial charge in [0.05, 0.1) is 12.8 Å². The van der Waals surface area contributed by atoms with Crippen LogP contribution < -0.4 is 15.3 Å². The molecule has 186 valence electrons. The van der Waals surface area contributed by atoms with Gasteiger partial charge in [-0.15, -0.1) is 11.8 Å². The molecule has 1 aliphatic heterocycles. The third kappa shape index (κ3) is 5.77. The zero-order valence-electron chi connectivity index (χ0n) is 20.7. The van der Waals surface area contributed by atoms with Crippen molar-refractivity contribution < 1.29 is 9.15 Å². The van der Waals surface area contributed by atoms with E-state index in [0.29, 0.717) is 5.58 Å². The van der Waals surface area contributed by atoms with Gasteiger partial charge in [-0.25, -0.2) is 4.79 Å². The zero-order chi connectivity index (χ0) is 24.7. The van der Waals surface area contributed by atoms with Crippen LogP contribution in [0.2, 0.25) is 0 Å². The van der Waals surface area contributed by atoms with Crippen LogP contribution in [0.5, 0.6) is 5.75 Å². The highest BCUT2D eigenvalue weighted by molar-refractivity contribution is 7.99. The number of rotatable bonds is 9. The highest BCUT2D eigenvalue weighted by Gasteiger charge is 2.19. The van der Waals surface area contributed by atoms with Crippen LogP contribution in [0.25, 0.3) is 22.1 Å². The number of methoxy groups -OCH3 is 1. The number of para-hydroxylation sites is 2. The second kappa shape index (κ2) is 11.7. The summed E-state index contributed by atoms with van der Waals surface area (Å²) in [5.74, 6) is 2.00. The molecule has 1 fully saturated rings. The lowest BCUT2D eigenvalue weighted by Gasteiger charge is -2.36. The van der Waals surface area contributed by atoms with Crippen LogP contribution >= 0.6 is 11.8 Å². The van der Waals surface area contributed by atoms with Crippen LogP contribution in [-0.4, -0.2) is 50.5 Å². The van der Waals surface area contributed by atoms with E-state index >= 15 is 0 Å². The summed E-state index contributed by atoms with van der Waals surface area (Å²) in [7, 11) is 1.74. The number of piperazine rings is 1. The van der Waals surface area contributed by atoms with Crippen molar-refractivity contribution >= 4 is 28.4 Å². The van der Waals surface area contributed by atoms with Gasteiger partial charge in [0.15, 0.2) is 0 Å². The molecular weight excluding hydrogens is 468 g/mol. The Kier molecular flexibility index (Phi) is 7.94. The molecule has 0 saturated carbocycles. The van der Waals surface area contributed by atoms with Crippen molar-refractivity contribution in [1.29, 1.82) is 0 Å². The van der Waals surface area contributed by atoms with Gasteiger partial charge in [0.25, 0.3) is 0 Å². The molecule has 0 atom stereocenters. The van der Waals surface area contributed by atoms with Crippen molar-refractivity contribution in [2.75, 3.05) is 50.5 Å². The number of thioether (sulfide) groups is 1. The number of fused-ring (bicyclic) bond motifs is 1. The minimum absolute atomic E-state index is 0.311. The average Bonchev–Trinajstić information content (AvgIpc) is 2.93. The maximum Gasteiger partial charge on any atom is 0.336 e. The predicted octanol–water partition coefficient (Wildman–Crippen LogP) is 6.16. The molecule has 0 spiro atoms. The maximum absolute atomic E-state index is 12.2. The molecule has 4 aromatic rings. The van der Waals surface area contributed by atoms with E-state index in [2.05, 4.69) is 34.1 Å². The van der Waals surface area contributed by atoms with Crippen LogP contribution in [0, 0.1) is 0 Å². The van der Waals surface area contributed by atoms with Crippen LogP contribution in [0.15, 0.2) is 93.0 Å². The van der Waals surface area contributed by atoms with Gasteiger partial charge >= 0.3 is 5.63 Å². The number of benzene rings is 3. The van der Waals surface area contributed by atoms with Gasteiger partial charge in [-0.1, -0.05) is 42.5 Å². The second-order valence-corrected chi connectivity index (χ2v) is 10.2.